The summed E-state index contributed by atoms with van der Waals surface area (Å²) in [5.41, 5.74) is 1.35. The number of carboxylic acid groups (broad SMARTS) is 1. The van der Waals surface area contributed by atoms with Gasteiger partial charge in [-0.05, 0) is 18.9 Å². The molecule has 0 fully saturated rings. The summed E-state index contributed by atoms with van der Waals surface area (Å²) in [6.45, 7) is 14.1. The number of hydrogen-bond donors (Lipinski definition) is 1. The normalized spacial score (nSPS) is 8.26. The molecular weight excluding hydrogens is 292 g/mol. The van der Waals surface area contributed by atoms with Crippen LogP contribution in [0.1, 0.15) is 32.3 Å². The van der Waals surface area contributed by atoms with Crippen molar-refractivity contribution in [1.82, 2.24) is 0 Å². The summed E-state index contributed by atoms with van der Waals surface area (Å²) in [6.07, 6.45) is 4.99. The molecule has 1 N–H and O–H groups in total. The number of esters is 1. The second kappa shape index (κ2) is 15.8. The predicted molar refractivity (Wildman–Crippen MR) is 95.0 cm³/mol. The zero-order valence-corrected chi connectivity index (χ0v) is 14.0. The molecule has 126 valence electrons. The van der Waals surface area contributed by atoms with Crippen LogP contribution in [0.5, 0.6) is 0 Å². The average molecular weight is 318 g/mol. The summed E-state index contributed by atoms with van der Waals surface area (Å²) < 4.78 is 4.67. The van der Waals surface area contributed by atoms with E-state index >= 15 is 0 Å². The highest BCUT2D eigenvalue weighted by Gasteiger charge is 1.91. The van der Waals surface area contributed by atoms with E-state index in [2.05, 4.69) is 24.5 Å². The Hall–Kier alpha value is -2.62. The zero-order chi connectivity index (χ0) is 18.1. The maximum atomic E-state index is 10.3. The van der Waals surface area contributed by atoms with E-state index in [4.69, 9.17) is 5.11 Å². The minimum atomic E-state index is -0.935. The molecule has 0 amide bonds. The minimum Gasteiger partial charge on any atom is -0.478 e. The van der Waals surface area contributed by atoms with Crippen molar-refractivity contribution < 1.29 is 19.4 Å². The maximum absolute atomic E-state index is 10.3. The highest BCUT2D eigenvalue weighted by atomic mass is 16.5. The van der Waals surface area contributed by atoms with Gasteiger partial charge in [0.25, 0.3) is 0 Å². The third-order valence-corrected chi connectivity index (χ3v) is 2.31. The lowest BCUT2D eigenvalue weighted by atomic mass is 10.2. The van der Waals surface area contributed by atoms with Crippen LogP contribution >= 0.6 is 0 Å². The van der Waals surface area contributed by atoms with Crippen molar-refractivity contribution in [1.29, 1.82) is 0 Å². The summed E-state index contributed by atoms with van der Waals surface area (Å²) in [5.74, 6) is -1.27. The van der Waals surface area contributed by atoms with E-state index in [0.29, 0.717) is 6.61 Å². The maximum Gasteiger partial charge on any atom is 0.330 e. The molecule has 0 heterocycles. The fraction of sp³-hybridized carbons (Fsp3) is 0.263. The van der Waals surface area contributed by atoms with Crippen LogP contribution in [-0.4, -0.2) is 23.7 Å². The molecule has 4 nitrogen and oxygen atoms in total. The fourth-order valence-electron chi connectivity index (χ4n) is 0.965. The third-order valence-electron chi connectivity index (χ3n) is 2.31. The van der Waals surface area contributed by atoms with Gasteiger partial charge in [0.1, 0.15) is 0 Å². The summed E-state index contributed by atoms with van der Waals surface area (Å²) in [7, 11) is 0. The van der Waals surface area contributed by atoms with Crippen molar-refractivity contribution >= 4 is 18.0 Å². The van der Waals surface area contributed by atoms with Gasteiger partial charge < -0.3 is 9.84 Å². The molecule has 4 heteroatoms. The summed E-state index contributed by atoms with van der Waals surface area (Å²) in [4.78, 5) is 19.9. The van der Waals surface area contributed by atoms with E-state index in [-0.39, 0.29) is 11.5 Å². The number of carboxylic acids is 1. The van der Waals surface area contributed by atoms with E-state index in [1.807, 2.05) is 43.3 Å². The van der Waals surface area contributed by atoms with Crippen LogP contribution in [0.2, 0.25) is 0 Å². The van der Waals surface area contributed by atoms with Gasteiger partial charge in [0.15, 0.2) is 0 Å². The standard InChI is InChI=1S/C8H8.C7H12O2.C4H6O2/c1-2-8-6-4-3-5-7-8;1-3-5-6-9-7(8)4-2;1-3(2)4(5)6/h2-7H,1H2;4H,2-3,5-6H2,1H3;1H2,2H3,(H,5,6). The number of carbonyl (C=O) groups excluding carboxylic acids is 1. The lowest BCUT2D eigenvalue weighted by Gasteiger charge is -1.97. The van der Waals surface area contributed by atoms with Crippen molar-refractivity contribution in [2.45, 2.75) is 26.7 Å². The molecule has 0 aliphatic carbocycles. The molecule has 1 rings (SSSR count). The number of unbranched alkanes of at least 4 members (excludes halogenated alkanes) is 1. The summed E-state index contributed by atoms with van der Waals surface area (Å²) in [6, 6.07) is 10.0. The van der Waals surface area contributed by atoms with E-state index in [9.17, 15) is 9.59 Å². The molecule has 0 saturated carbocycles. The van der Waals surface area contributed by atoms with Crippen molar-refractivity contribution in [2.24, 2.45) is 0 Å². The Balaban J connectivity index is 0. The first kappa shape index (κ1) is 22.7. The third kappa shape index (κ3) is 17.3. The van der Waals surface area contributed by atoms with Crippen molar-refractivity contribution in [3.8, 4) is 0 Å². The molecule has 0 aliphatic rings. The molecule has 0 atom stereocenters. The second-order valence-electron chi connectivity index (χ2n) is 4.43. The Kier molecular flexibility index (Phi) is 15.5. The van der Waals surface area contributed by atoms with Crippen LogP contribution in [-0.2, 0) is 14.3 Å². The Morgan fingerprint density at radius 1 is 1.22 bits per heavy atom. The lowest BCUT2D eigenvalue weighted by molar-refractivity contribution is -0.138. The van der Waals surface area contributed by atoms with Crippen molar-refractivity contribution in [2.75, 3.05) is 6.61 Å². The predicted octanol–water partition coefficient (Wildman–Crippen LogP) is 4.49. The Labute approximate surface area is 138 Å². The topological polar surface area (TPSA) is 63.6 Å². The van der Waals surface area contributed by atoms with Gasteiger partial charge in [-0.15, -0.1) is 0 Å². The van der Waals surface area contributed by atoms with E-state index in [1.165, 1.54) is 18.6 Å². The molecule has 0 aromatic heterocycles. The quantitative estimate of drug-likeness (QED) is 0.477. The molecule has 1 aromatic carbocycles. The monoisotopic (exact) mass is 318 g/mol. The van der Waals surface area contributed by atoms with Gasteiger partial charge in [-0.25, -0.2) is 9.59 Å². The molecular formula is C19H26O4. The first-order chi connectivity index (χ1) is 10.9. The van der Waals surface area contributed by atoms with E-state index in [1.54, 1.807) is 0 Å². The van der Waals surface area contributed by atoms with Crippen LogP contribution in [0, 0.1) is 0 Å². The van der Waals surface area contributed by atoms with Crippen LogP contribution in [0.3, 0.4) is 0 Å². The smallest absolute Gasteiger partial charge is 0.330 e. The summed E-state index contributed by atoms with van der Waals surface area (Å²) in [5, 5.41) is 7.89. The first-order valence-electron chi connectivity index (χ1n) is 7.24. The Bertz CT molecular complexity index is 477. The highest BCUT2D eigenvalue weighted by Crippen LogP contribution is 1.97. The molecule has 1 aromatic rings. The van der Waals surface area contributed by atoms with E-state index in [0.717, 1.165) is 12.8 Å². The molecule has 0 spiro atoms. The number of benzene rings is 1. The van der Waals surface area contributed by atoms with Crippen LogP contribution in [0.4, 0.5) is 0 Å². The zero-order valence-electron chi connectivity index (χ0n) is 14.0. The fourth-order valence-corrected chi connectivity index (χ4v) is 0.965. The summed E-state index contributed by atoms with van der Waals surface area (Å²) >= 11 is 0. The average Bonchev–Trinajstić information content (AvgIpc) is 2.56. The van der Waals surface area contributed by atoms with Crippen LogP contribution in [0.25, 0.3) is 6.08 Å². The largest absolute Gasteiger partial charge is 0.478 e. The van der Waals surface area contributed by atoms with Gasteiger partial charge in [0.05, 0.1) is 6.61 Å². The lowest BCUT2D eigenvalue weighted by Crippen LogP contribution is -2.00. The van der Waals surface area contributed by atoms with Gasteiger partial charge in [0, 0.05) is 11.6 Å². The molecule has 0 radical (unpaired) electrons. The number of aliphatic carboxylic acids is 1. The van der Waals surface area contributed by atoms with Crippen LogP contribution < -0.4 is 0 Å². The van der Waals surface area contributed by atoms with Crippen molar-refractivity contribution in [3.63, 3.8) is 0 Å². The minimum absolute atomic E-state index is 0.176. The second-order valence-corrected chi connectivity index (χ2v) is 4.43. The molecule has 23 heavy (non-hydrogen) atoms. The first-order valence-corrected chi connectivity index (χ1v) is 7.24. The van der Waals surface area contributed by atoms with Gasteiger partial charge in [-0.1, -0.05) is 69.5 Å². The SMILES string of the molecule is C=C(C)C(=O)O.C=CC(=O)OCCCC.C=Cc1ccccc1. The Morgan fingerprint density at radius 2 is 1.74 bits per heavy atom. The number of ether oxygens (including phenoxy) is 1. The van der Waals surface area contributed by atoms with Gasteiger partial charge in [0.2, 0.25) is 0 Å². The number of rotatable bonds is 6. The van der Waals surface area contributed by atoms with Gasteiger partial charge >= 0.3 is 11.9 Å². The molecule has 0 aliphatic heterocycles. The van der Waals surface area contributed by atoms with Gasteiger partial charge in [-0.2, -0.15) is 0 Å². The number of hydrogen-bond acceptors (Lipinski definition) is 3. The molecule has 0 bridgehead atoms. The molecule has 0 unspecified atom stereocenters. The van der Waals surface area contributed by atoms with Crippen molar-refractivity contribution in [3.05, 3.63) is 67.3 Å². The Morgan fingerprint density at radius 3 is 2.04 bits per heavy atom. The highest BCUT2D eigenvalue weighted by molar-refractivity contribution is 5.84. The van der Waals surface area contributed by atoms with E-state index < -0.39 is 5.97 Å². The van der Waals surface area contributed by atoms with Crippen LogP contribution in [0.15, 0.2) is 61.7 Å². The molecule has 0 saturated heterocycles. The van der Waals surface area contributed by atoms with Gasteiger partial charge in [-0.3, -0.25) is 0 Å². The number of carbonyl (C=O) groups is 2.